The number of benzene rings is 1. The van der Waals surface area contributed by atoms with Crippen LogP contribution in [0.2, 0.25) is 0 Å². The molecule has 7 heteroatoms. The first-order valence-corrected chi connectivity index (χ1v) is 6.59. The molecular formula is C14H16F3N3O. The predicted octanol–water partition coefficient (Wildman–Crippen LogP) is 3.80. The molecule has 0 radical (unpaired) electrons. The summed E-state index contributed by atoms with van der Waals surface area (Å²) in [7, 11) is 0. The van der Waals surface area contributed by atoms with E-state index in [0.29, 0.717) is 0 Å². The van der Waals surface area contributed by atoms with Gasteiger partial charge in [0.1, 0.15) is 0 Å². The second-order valence-electron chi connectivity index (χ2n) is 4.95. The average molecular weight is 299 g/mol. The van der Waals surface area contributed by atoms with E-state index in [1.165, 1.54) is 12.1 Å². The summed E-state index contributed by atoms with van der Waals surface area (Å²) in [6, 6.07) is 4.36. The molecule has 0 fully saturated rings. The van der Waals surface area contributed by atoms with E-state index in [1.807, 2.05) is 13.8 Å². The molecule has 21 heavy (non-hydrogen) atoms. The maximum atomic E-state index is 12.7. The molecule has 114 valence electrons. The molecule has 2 unspecified atom stereocenters. The molecule has 0 aliphatic heterocycles. The van der Waals surface area contributed by atoms with Crippen LogP contribution < -0.4 is 5.73 Å². The molecule has 0 saturated carbocycles. The Hall–Kier alpha value is -1.89. The van der Waals surface area contributed by atoms with E-state index in [1.54, 1.807) is 0 Å². The second-order valence-corrected chi connectivity index (χ2v) is 4.95. The summed E-state index contributed by atoms with van der Waals surface area (Å²) in [5.74, 6) is 0.478. The Morgan fingerprint density at radius 3 is 2.67 bits per heavy atom. The van der Waals surface area contributed by atoms with Crippen LogP contribution >= 0.6 is 0 Å². The van der Waals surface area contributed by atoms with Gasteiger partial charge in [-0.25, -0.2) is 0 Å². The number of alkyl halides is 3. The average Bonchev–Trinajstić information content (AvgIpc) is 2.94. The van der Waals surface area contributed by atoms with Gasteiger partial charge < -0.3 is 10.3 Å². The van der Waals surface area contributed by atoms with Crippen LogP contribution in [0.15, 0.2) is 28.8 Å². The predicted molar refractivity (Wildman–Crippen MR) is 71.1 cm³/mol. The van der Waals surface area contributed by atoms with Crippen molar-refractivity contribution in [3.63, 3.8) is 0 Å². The lowest BCUT2D eigenvalue weighted by Gasteiger charge is -2.13. The van der Waals surface area contributed by atoms with Crippen molar-refractivity contribution >= 4 is 0 Å². The Kier molecular flexibility index (Phi) is 4.32. The van der Waals surface area contributed by atoms with E-state index >= 15 is 0 Å². The Labute approximate surface area is 120 Å². The summed E-state index contributed by atoms with van der Waals surface area (Å²) in [5.41, 5.74) is 5.46. The molecule has 0 aliphatic rings. The smallest absolute Gasteiger partial charge is 0.337 e. The van der Waals surface area contributed by atoms with Gasteiger partial charge in [-0.15, -0.1) is 0 Å². The second kappa shape index (κ2) is 5.85. The molecule has 2 rings (SSSR count). The zero-order chi connectivity index (χ0) is 15.6. The highest BCUT2D eigenvalue weighted by Crippen LogP contribution is 2.32. The summed E-state index contributed by atoms with van der Waals surface area (Å²) in [6.07, 6.45) is -3.57. The first-order chi connectivity index (χ1) is 9.82. The number of hydrogen-bond acceptors (Lipinski definition) is 4. The van der Waals surface area contributed by atoms with Gasteiger partial charge in [-0.05, 0) is 18.1 Å². The first-order valence-electron chi connectivity index (χ1n) is 6.59. The lowest BCUT2D eigenvalue weighted by Crippen LogP contribution is -2.18. The zero-order valence-electron chi connectivity index (χ0n) is 11.7. The number of hydrogen-bond donors (Lipinski definition) is 1. The summed E-state index contributed by atoms with van der Waals surface area (Å²) in [4.78, 5) is 4.10. The minimum absolute atomic E-state index is 0.106. The third kappa shape index (κ3) is 3.41. The Bertz CT molecular complexity index is 610. The molecule has 0 amide bonds. The fourth-order valence-electron chi connectivity index (χ4n) is 1.82. The van der Waals surface area contributed by atoms with Crippen LogP contribution in [0, 0.1) is 5.92 Å². The van der Waals surface area contributed by atoms with E-state index < -0.39 is 17.8 Å². The highest BCUT2D eigenvalue weighted by Gasteiger charge is 2.31. The highest BCUT2D eigenvalue weighted by molar-refractivity contribution is 5.55. The van der Waals surface area contributed by atoms with Crippen molar-refractivity contribution in [2.45, 2.75) is 32.5 Å². The van der Waals surface area contributed by atoms with Gasteiger partial charge in [-0.2, -0.15) is 18.2 Å². The molecular weight excluding hydrogens is 283 g/mol. The molecule has 2 aromatic rings. The fraction of sp³-hybridized carbons (Fsp3) is 0.429. The minimum Gasteiger partial charge on any atom is -0.337 e. The molecule has 0 bridgehead atoms. The molecule has 1 heterocycles. The highest BCUT2D eigenvalue weighted by atomic mass is 19.4. The maximum absolute atomic E-state index is 12.7. The fourth-order valence-corrected chi connectivity index (χ4v) is 1.82. The molecule has 2 atom stereocenters. The van der Waals surface area contributed by atoms with Crippen LogP contribution in [0.25, 0.3) is 11.4 Å². The van der Waals surface area contributed by atoms with Gasteiger partial charge in [0.25, 0.3) is 0 Å². The van der Waals surface area contributed by atoms with Crippen LogP contribution in [-0.4, -0.2) is 10.1 Å². The molecule has 4 nitrogen and oxygen atoms in total. The van der Waals surface area contributed by atoms with Crippen LogP contribution in [0.3, 0.4) is 0 Å². The van der Waals surface area contributed by atoms with Crippen molar-refractivity contribution in [1.82, 2.24) is 10.1 Å². The molecule has 0 aliphatic carbocycles. The lowest BCUT2D eigenvalue weighted by atomic mass is 10.0. The van der Waals surface area contributed by atoms with Gasteiger partial charge in [-0.1, -0.05) is 37.6 Å². The summed E-state index contributed by atoms with van der Waals surface area (Å²) < 4.78 is 43.1. The SMILES string of the molecule is CCC(C)C(N)c1nc(-c2cccc(C(F)(F)F)c2)no1. The summed E-state index contributed by atoms with van der Waals surface area (Å²) >= 11 is 0. The largest absolute Gasteiger partial charge is 0.416 e. The summed E-state index contributed by atoms with van der Waals surface area (Å²) in [5, 5.41) is 3.71. The van der Waals surface area contributed by atoms with Gasteiger partial charge in [0.2, 0.25) is 11.7 Å². The van der Waals surface area contributed by atoms with Crippen molar-refractivity contribution in [3.8, 4) is 11.4 Å². The standard InChI is InChI=1S/C14H16F3N3O/c1-3-8(2)11(18)13-19-12(20-21-13)9-5-4-6-10(7-9)14(15,16)17/h4-8,11H,3,18H2,1-2H3. The van der Waals surface area contributed by atoms with Crippen molar-refractivity contribution in [3.05, 3.63) is 35.7 Å². The van der Waals surface area contributed by atoms with Crippen LogP contribution in [0.1, 0.15) is 37.8 Å². The number of aromatic nitrogens is 2. The van der Waals surface area contributed by atoms with Crippen molar-refractivity contribution < 1.29 is 17.7 Å². The number of rotatable bonds is 4. The first kappa shape index (κ1) is 15.5. The quantitative estimate of drug-likeness (QED) is 0.932. The van der Waals surface area contributed by atoms with Crippen molar-refractivity contribution in [1.29, 1.82) is 0 Å². The molecule has 0 spiro atoms. The third-order valence-corrected chi connectivity index (χ3v) is 3.43. The Morgan fingerprint density at radius 1 is 1.33 bits per heavy atom. The van der Waals surface area contributed by atoms with Crippen LogP contribution in [-0.2, 0) is 6.18 Å². The monoisotopic (exact) mass is 299 g/mol. The van der Waals surface area contributed by atoms with E-state index in [4.69, 9.17) is 10.3 Å². The van der Waals surface area contributed by atoms with E-state index in [2.05, 4.69) is 10.1 Å². The lowest BCUT2D eigenvalue weighted by molar-refractivity contribution is -0.137. The van der Waals surface area contributed by atoms with E-state index in [-0.39, 0.29) is 23.2 Å². The third-order valence-electron chi connectivity index (χ3n) is 3.43. The number of nitrogens with two attached hydrogens (primary N) is 1. The van der Waals surface area contributed by atoms with Gasteiger partial charge in [-0.3, -0.25) is 0 Å². The molecule has 1 aromatic carbocycles. The van der Waals surface area contributed by atoms with Crippen molar-refractivity contribution in [2.24, 2.45) is 11.7 Å². The number of halogens is 3. The van der Waals surface area contributed by atoms with Gasteiger partial charge >= 0.3 is 6.18 Å². The van der Waals surface area contributed by atoms with E-state index in [0.717, 1.165) is 18.6 Å². The van der Waals surface area contributed by atoms with Gasteiger partial charge in [0.05, 0.1) is 11.6 Å². The number of nitrogens with zero attached hydrogens (tertiary/aromatic N) is 2. The normalized spacial score (nSPS) is 15.0. The molecule has 2 N–H and O–H groups in total. The van der Waals surface area contributed by atoms with E-state index in [9.17, 15) is 13.2 Å². The topological polar surface area (TPSA) is 64.9 Å². The van der Waals surface area contributed by atoms with Gasteiger partial charge in [0, 0.05) is 5.56 Å². The van der Waals surface area contributed by atoms with Crippen molar-refractivity contribution in [2.75, 3.05) is 0 Å². The van der Waals surface area contributed by atoms with Gasteiger partial charge in [0.15, 0.2) is 0 Å². The minimum atomic E-state index is -4.41. The Balaban J connectivity index is 2.30. The maximum Gasteiger partial charge on any atom is 0.416 e. The summed E-state index contributed by atoms with van der Waals surface area (Å²) in [6.45, 7) is 3.92. The zero-order valence-corrected chi connectivity index (χ0v) is 11.7. The van der Waals surface area contributed by atoms with Crippen LogP contribution in [0.5, 0.6) is 0 Å². The molecule has 1 aromatic heterocycles. The van der Waals surface area contributed by atoms with Crippen LogP contribution in [0.4, 0.5) is 13.2 Å². The Morgan fingerprint density at radius 2 is 2.05 bits per heavy atom. The molecule has 0 saturated heterocycles.